The molecule has 4 aromatic rings. The molecule has 0 radical (unpaired) electrons. The van der Waals surface area contributed by atoms with E-state index >= 15 is 0 Å². The SMILES string of the molecule is COc1cccc(C(=O)Nc2ccc(SC3=C(Nc4ccc(Br)cc4)C(=O)N(Cc4ccco4)C3=O)cc2)c1. The summed E-state index contributed by atoms with van der Waals surface area (Å²) >= 11 is 4.58. The number of carbonyl (C=O) groups excluding carboxylic acids is 3. The third-order valence-corrected chi connectivity index (χ3v) is 7.42. The van der Waals surface area contributed by atoms with Gasteiger partial charge in [0.2, 0.25) is 0 Å². The molecule has 1 aliphatic heterocycles. The fraction of sp³-hybridized carbons (Fsp3) is 0.0690. The number of rotatable bonds is 9. The molecule has 0 atom stereocenters. The smallest absolute Gasteiger partial charge is 0.278 e. The number of anilines is 2. The Hall–Kier alpha value is -4.28. The molecule has 0 unspecified atom stereocenters. The van der Waals surface area contributed by atoms with Crippen LogP contribution in [-0.4, -0.2) is 29.7 Å². The average molecular weight is 604 g/mol. The zero-order valence-corrected chi connectivity index (χ0v) is 23.0. The largest absolute Gasteiger partial charge is 0.497 e. The van der Waals surface area contributed by atoms with E-state index in [2.05, 4.69) is 26.6 Å². The predicted octanol–water partition coefficient (Wildman–Crippen LogP) is 6.29. The van der Waals surface area contributed by atoms with Gasteiger partial charge < -0.3 is 19.8 Å². The molecule has 1 aromatic heterocycles. The number of nitrogens with zero attached hydrogens (tertiary/aromatic N) is 1. The van der Waals surface area contributed by atoms with Crippen LogP contribution >= 0.6 is 27.7 Å². The van der Waals surface area contributed by atoms with Gasteiger partial charge in [0, 0.05) is 26.3 Å². The van der Waals surface area contributed by atoms with Crippen LogP contribution in [0.15, 0.2) is 116 Å². The molecule has 0 saturated carbocycles. The van der Waals surface area contributed by atoms with E-state index in [1.54, 1.807) is 67.8 Å². The van der Waals surface area contributed by atoms with E-state index in [1.807, 2.05) is 24.3 Å². The van der Waals surface area contributed by atoms with Crippen LogP contribution in [-0.2, 0) is 16.1 Å². The second kappa shape index (κ2) is 11.6. The van der Waals surface area contributed by atoms with Gasteiger partial charge in [0.05, 0.1) is 19.9 Å². The van der Waals surface area contributed by atoms with Crippen molar-refractivity contribution in [1.29, 1.82) is 0 Å². The molecule has 10 heteroatoms. The van der Waals surface area contributed by atoms with E-state index in [1.165, 1.54) is 18.0 Å². The van der Waals surface area contributed by atoms with Crippen molar-refractivity contribution < 1.29 is 23.5 Å². The van der Waals surface area contributed by atoms with Gasteiger partial charge in [0.15, 0.2) is 0 Å². The molecule has 5 rings (SSSR count). The molecule has 0 bridgehead atoms. The first-order chi connectivity index (χ1) is 18.9. The van der Waals surface area contributed by atoms with Crippen LogP contribution in [0.3, 0.4) is 0 Å². The Kier molecular flexibility index (Phi) is 7.85. The van der Waals surface area contributed by atoms with Gasteiger partial charge in [0.1, 0.15) is 22.1 Å². The molecule has 39 heavy (non-hydrogen) atoms. The normalized spacial score (nSPS) is 13.1. The van der Waals surface area contributed by atoms with Crippen LogP contribution < -0.4 is 15.4 Å². The molecule has 2 heterocycles. The van der Waals surface area contributed by atoms with Gasteiger partial charge >= 0.3 is 0 Å². The predicted molar refractivity (Wildman–Crippen MR) is 152 cm³/mol. The van der Waals surface area contributed by atoms with E-state index in [9.17, 15) is 14.4 Å². The van der Waals surface area contributed by atoms with Crippen molar-refractivity contribution in [3.63, 3.8) is 0 Å². The van der Waals surface area contributed by atoms with Crippen molar-refractivity contribution in [3.8, 4) is 5.75 Å². The third-order valence-electron chi connectivity index (χ3n) is 5.80. The quantitative estimate of drug-likeness (QED) is 0.217. The molecule has 0 fully saturated rings. The lowest BCUT2D eigenvalue weighted by molar-refractivity contribution is -0.138. The van der Waals surface area contributed by atoms with Crippen LogP contribution in [0.4, 0.5) is 11.4 Å². The number of amides is 3. The number of methoxy groups -OCH3 is 1. The molecular weight excluding hydrogens is 582 g/mol. The number of halogens is 1. The highest BCUT2D eigenvalue weighted by Crippen LogP contribution is 2.37. The highest BCUT2D eigenvalue weighted by molar-refractivity contribution is 9.10. The number of ether oxygens (including phenoxy) is 1. The van der Waals surface area contributed by atoms with Crippen molar-refractivity contribution in [2.24, 2.45) is 0 Å². The number of furan rings is 1. The van der Waals surface area contributed by atoms with Crippen molar-refractivity contribution >= 4 is 56.8 Å². The van der Waals surface area contributed by atoms with E-state index in [4.69, 9.17) is 9.15 Å². The summed E-state index contributed by atoms with van der Waals surface area (Å²) in [4.78, 5) is 41.5. The Morgan fingerprint density at radius 1 is 0.949 bits per heavy atom. The summed E-state index contributed by atoms with van der Waals surface area (Å²) in [5.41, 5.74) is 1.91. The Labute approximate surface area is 237 Å². The lowest BCUT2D eigenvalue weighted by Gasteiger charge is -2.13. The first-order valence-corrected chi connectivity index (χ1v) is 13.4. The van der Waals surface area contributed by atoms with Crippen molar-refractivity contribution in [3.05, 3.63) is 118 Å². The summed E-state index contributed by atoms with van der Waals surface area (Å²) in [5, 5.41) is 5.97. The summed E-state index contributed by atoms with van der Waals surface area (Å²) in [6.07, 6.45) is 1.50. The molecule has 3 aromatic carbocycles. The molecule has 1 aliphatic rings. The first kappa shape index (κ1) is 26.3. The summed E-state index contributed by atoms with van der Waals surface area (Å²) in [7, 11) is 1.54. The zero-order valence-electron chi connectivity index (χ0n) is 20.6. The van der Waals surface area contributed by atoms with Crippen LogP contribution in [0.2, 0.25) is 0 Å². The molecule has 2 N–H and O–H groups in total. The standard InChI is InChI=1S/C29H22BrN3O5S/c1-37-22-5-2-4-18(16-22)27(34)32-21-11-13-24(14-12-21)39-26-25(31-20-9-7-19(30)8-10-20)28(35)33(29(26)36)17-23-6-3-15-38-23/h2-16,31H,17H2,1H3,(H,32,34). The highest BCUT2D eigenvalue weighted by Gasteiger charge is 2.39. The first-order valence-electron chi connectivity index (χ1n) is 11.8. The molecule has 3 amide bonds. The molecular formula is C29H22BrN3O5S. The lowest BCUT2D eigenvalue weighted by Crippen LogP contribution is -2.31. The maximum atomic E-state index is 13.4. The molecule has 0 spiro atoms. The minimum Gasteiger partial charge on any atom is -0.497 e. The lowest BCUT2D eigenvalue weighted by atomic mass is 10.2. The van der Waals surface area contributed by atoms with Gasteiger partial charge in [-0.2, -0.15) is 0 Å². The van der Waals surface area contributed by atoms with Crippen molar-refractivity contribution in [2.75, 3.05) is 17.7 Å². The monoisotopic (exact) mass is 603 g/mol. The number of carbonyl (C=O) groups is 3. The highest BCUT2D eigenvalue weighted by atomic mass is 79.9. The van der Waals surface area contributed by atoms with Crippen LogP contribution in [0.5, 0.6) is 5.75 Å². The number of hydrogen-bond donors (Lipinski definition) is 2. The van der Waals surface area contributed by atoms with E-state index in [-0.39, 0.29) is 23.1 Å². The fourth-order valence-corrected chi connectivity index (χ4v) is 5.04. The van der Waals surface area contributed by atoms with E-state index in [0.717, 1.165) is 14.3 Å². The number of thioether (sulfide) groups is 1. The summed E-state index contributed by atoms with van der Waals surface area (Å²) in [6.45, 7) is 0.0233. The van der Waals surface area contributed by atoms with Crippen molar-refractivity contribution in [1.82, 2.24) is 4.90 Å². The molecule has 0 saturated heterocycles. The number of benzene rings is 3. The Bertz CT molecular complexity index is 1550. The number of hydrogen-bond acceptors (Lipinski definition) is 7. The average Bonchev–Trinajstić information content (AvgIpc) is 3.54. The molecule has 0 aliphatic carbocycles. The second-order valence-electron chi connectivity index (χ2n) is 8.42. The Balaban J connectivity index is 1.36. The topological polar surface area (TPSA) is 101 Å². The minimum atomic E-state index is -0.441. The second-order valence-corrected chi connectivity index (χ2v) is 10.4. The van der Waals surface area contributed by atoms with Gasteiger partial charge in [-0.3, -0.25) is 19.3 Å². The summed E-state index contributed by atoms with van der Waals surface area (Å²) in [6, 6.07) is 24.6. The minimum absolute atomic E-state index is 0.0233. The van der Waals surface area contributed by atoms with Gasteiger partial charge in [-0.05, 0) is 78.9 Å². The van der Waals surface area contributed by atoms with E-state index < -0.39 is 11.8 Å². The molecule has 8 nitrogen and oxygen atoms in total. The maximum absolute atomic E-state index is 13.4. The zero-order chi connectivity index (χ0) is 27.4. The fourth-order valence-electron chi connectivity index (χ4n) is 3.83. The number of nitrogens with one attached hydrogen (secondary N) is 2. The molecule has 196 valence electrons. The van der Waals surface area contributed by atoms with Crippen LogP contribution in [0.25, 0.3) is 0 Å². The summed E-state index contributed by atoms with van der Waals surface area (Å²) < 4.78 is 11.4. The van der Waals surface area contributed by atoms with Gasteiger partial charge in [-0.15, -0.1) is 0 Å². The Morgan fingerprint density at radius 2 is 1.69 bits per heavy atom. The third kappa shape index (κ3) is 6.08. The Morgan fingerprint density at radius 3 is 2.38 bits per heavy atom. The van der Waals surface area contributed by atoms with Gasteiger partial charge in [-0.25, -0.2) is 0 Å². The van der Waals surface area contributed by atoms with E-state index in [0.29, 0.717) is 28.4 Å². The van der Waals surface area contributed by atoms with Gasteiger partial charge in [0.25, 0.3) is 17.7 Å². The van der Waals surface area contributed by atoms with Gasteiger partial charge in [-0.1, -0.05) is 33.8 Å². The summed E-state index contributed by atoms with van der Waals surface area (Å²) in [5.74, 6) is -0.0438. The van der Waals surface area contributed by atoms with Crippen LogP contribution in [0, 0.1) is 0 Å². The van der Waals surface area contributed by atoms with Crippen LogP contribution in [0.1, 0.15) is 16.1 Å². The maximum Gasteiger partial charge on any atom is 0.278 e. The number of imide groups is 1. The van der Waals surface area contributed by atoms with Crippen molar-refractivity contribution in [2.45, 2.75) is 11.4 Å².